The van der Waals surface area contributed by atoms with Gasteiger partial charge in [0.05, 0.1) is 21.3 Å². The molecule has 1 aromatic rings. The van der Waals surface area contributed by atoms with Gasteiger partial charge in [0.15, 0.2) is 11.5 Å². The Hall–Kier alpha value is -1.66. The first-order chi connectivity index (χ1) is 12.1. The van der Waals surface area contributed by atoms with Crippen LogP contribution in [0.15, 0.2) is 12.1 Å². The number of hydrogen-bond donors (Lipinski definition) is 2. The number of hydrogen-bond acceptors (Lipinski definition) is 5. The number of methoxy groups -OCH3 is 3. The Balaban J connectivity index is 0.00000243. The molecule has 1 amide bonds. The highest BCUT2D eigenvalue weighted by atomic mass is 35.5. The summed E-state index contributed by atoms with van der Waals surface area (Å²) in [7, 11) is 4.78. The summed E-state index contributed by atoms with van der Waals surface area (Å²) in [5.41, 5.74) is 0.945. The molecule has 26 heavy (non-hydrogen) atoms. The summed E-state index contributed by atoms with van der Waals surface area (Å²) >= 11 is 0. The third-order valence-corrected chi connectivity index (χ3v) is 5.25. The lowest BCUT2D eigenvalue weighted by Gasteiger charge is -2.29. The molecule has 0 aliphatic carbocycles. The number of aryl methyl sites for hydroxylation is 1. The Morgan fingerprint density at radius 1 is 1.08 bits per heavy atom. The fourth-order valence-electron chi connectivity index (χ4n) is 4.08. The van der Waals surface area contributed by atoms with Crippen molar-refractivity contribution in [3.8, 4) is 17.2 Å². The molecule has 0 radical (unpaired) electrons. The minimum absolute atomic E-state index is 0. The summed E-state index contributed by atoms with van der Waals surface area (Å²) in [4.78, 5) is 12.4. The standard InChI is InChI=1S/C19H28N2O4.ClH/c1-23-16-8-4-12(18(24-2)19(16)25-3)5-9-17(22)21-15-10-13-6-7-14(11-15)20-13;/h4,8,13-15,20H,5-7,9-11H2,1-3H3,(H,21,22);1H. The molecule has 2 fully saturated rings. The summed E-state index contributed by atoms with van der Waals surface area (Å²) in [5.74, 6) is 1.92. The highest BCUT2D eigenvalue weighted by Gasteiger charge is 2.33. The van der Waals surface area contributed by atoms with Crippen molar-refractivity contribution in [1.82, 2.24) is 10.6 Å². The molecule has 1 aromatic carbocycles. The van der Waals surface area contributed by atoms with Crippen LogP contribution in [0.4, 0.5) is 0 Å². The Labute approximate surface area is 161 Å². The van der Waals surface area contributed by atoms with E-state index < -0.39 is 0 Å². The number of amides is 1. The summed E-state index contributed by atoms with van der Waals surface area (Å²) in [6.45, 7) is 0. The molecule has 2 aliphatic rings. The number of benzene rings is 1. The van der Waals surface area contributed by atoms with Crippen LogP contribution in [0, 0.1) is 0 Å². The zero-order valence-corrected chi connectivity index (χ0v) is 16.5. The Kier molecular flexibility index (Phi) is 7.41. The first-order valence-electron chi connectivity index (χ1n) is 8.97. The van der Waals surface area contributed by atoms with Gasteiger partial charge >= 0.3 is 0 Å². The molecule has 6 nitrogen and oxygen atoms in total. The highest BCUT2D eigenvalue weighted by molar-refractivity contribution is 5.85. The fourth-order valence-corrected chi connectivity index (χ4v) is 4.08. The first kappa shape index (κ1) is 20.6. The van der Waals surface area contributed by atoms with Crippen molar-refractivity contribution in [2.24, 2.45) is 0 Å². The maximum atomic E-state index is 12.4. The number of carbonyl (C=O) groups is 1. The van der Waals surface area contributed by atoms with E-state index in [2.05, 4.69) is 10.6 Å². The molecule has 2 saturated heterocycles. The minimum atomic E-state index is 0. The molecule has 7 heteroatoms. The van der Waals surface area contributed by atoms with Crippen LogP contribution in [0.1, 0.15) is 37.7 Å². The second-order valence-corrected chi connectivity index (χ2v) is 6.87. The molecule has 146 valence electrons. The van der Waals surface area contributed by atoms with Crippen molar-refractivity contribution in [3.05, 3.63) is 17.7 Å². The van der Waals surface area contributed by atoms with Gasteiger partial charge in [0.1, 0.15) is 0 Å². The van der Waals surface area contributed by atoms with E-state index in [1.54, 1.807) is 21.3 Å². The largest absolute Gasteiger partial charge is 0.493 e. The van der Waals surface area contributed by atoms with Gasteiger partial charge in [-0.1, -0.05) is 6.07 Å². The third kappa shape index (κ3) is 4.54. The van der Waals surface area contributed by atoms with Gasteiger partial charge in [0, 0.05) is 24.5 Å². The molecule has 0 saturated carbocycles. The SMILES string of the molecule is COc1ccc(CCC(=O)NC2CC3CCC(C2)N3)c(OC)c1OC.Cl. The van der Waals surface area contributed by atoms with E-state index in [-0.39, 0.29) is 18.3 Å². The van der Waals surface area contributed by atoms with Crippen LogP contribution in [0.3, 0.4) is 0 Å². The van der Waals surface area contributed by atoms with Gasteiger partial charge < -0.3 is 24.8 Å². The fraction of sp³-hybridized carbons (Fsp3) is 0.632. The van der Waals surface area contributed by atoms with E-state index in [0.29, 0.717) is 48.2 Å². The van der Waals surface area contributed by atoms with Gasteiger partial charge in [0.25, 0.3) is 0 Å². The van der Waals surface area contributed by atoms with Crippen LogP contribution in [-0.4, -0.2) is 45.4 Å². The van der Waals surface area contributed by atoms with Gasteiger partial charge in [-0.2, -0.15) is 0 Å². The van der Waals surface area contributed by atoms with Gasteiger partial charge in [-0.05, 0) is 43.7 Å². The smallest absolute Gasteiger partial charge is 0.220 e. The molecular weight excluding hydrogens is 356 g/mol. The second-order valence-electron chi connectivity index (χ2n) is 6.87. The van der Waals surface area contributed by atoms with Crippen molar-refractivity contribution >= 4 is 18.3 Å². The van der Waals surface area contributed by atoms with Crippen LogP contribution in [0.2, 0.25) is 0 Å². The maximum Gasteiger partial charge on any atom is 0.220 e. The van der Waals surface area contributed by atoms with Crippen LogP contribution < -0.4 is 24.8 Å². The number of halogens is 1. The average Bonchev–Trinajstić information content (AvgIpc) is 2.97. The molecular formula is C19H29ClN2O4. The quantitative estimate of drug-likeness (QED) is 0.755. The van der Waals surface area contributed by atoms with Crippen molar-refractivity contribution in [2.45, 2.75) is 56.7 Å². The molecule has 2 unspecified atom stereocenters. The second kappa shape index (κ2) is 9.33. The number of fused-ring (bicyclic) bond motifs is 2. The zero-order valence-electron chi connectivity index (χ0n) is 15.7. The Bertz CT molecular complexity index is 614. The van der Waals surface area contributed by atoms with E-state index in [0.717, 1.165) is 18.4 Å². The van der Waals surface area contributed by atoms with Crippen LogP contribution >= 0.6 is 12.4 Å². The highest BCUT2D eigenvalue weighted by Crippen LogP contribution is 2.40. The van der Waals surface area contributed by atoms with Crippen molar-refractivity contribution in [1.29, 1.82) is 0 Å². The normalized spacial score (nSPS) is 23.7. The molecule has 0 spiro atoms. The zero-order chi connectivity index (χ0) is 17.8. The van der Waals surface area contributed by atoms with Gasteiger partial charge in [-0.3, -0.25) is 4.79 Å². The first-order valence-corrected chi connectivity index (χ1v) is 8.97. The monoisotopic (exact) mass is 384 g/mol. The number of nitrogens with one attached hydrogen (secondary N) is 2. The lowest BCUT2D eigenvalue weighted by atomic mass is 9.99. The molecule has 2 N–H and O–H groups in total. The van der Waals surface area contributed by atoms with E-state index in [4.69, 9.17) is 14.2 Å². The predicted molar refractivity (Wildman–Crippen MR) is 103 cm³/mol. The van der Waals surface area contributed by atoms with Crippen molar-refractivity contribution < 1.29 is 19.0 Å². The Morgan fingerprint density at radius 3 is 2.31 bits per heavy atom. The molecule has 2 bridgehead atoms. The van der Waals surface area contributed by atoms with Crippen molar-refractivity contribution in [2.75, 3.05) is 21.3 Å². The summed E-state index contributed by atoms with van der Waals surface area (Å²) in [6, 6.07) is 5.24. The molecule has 3 rings (SSSR count). The molecule has 0 aromatic heterocycles. The number of piperidine rings is 1. The topological polar surface area (TPSA) is 68.8 Å². The van der Waals surface area contributed by atoms with E-state index in [1.807, 2.05) is 12.1 Å². The lowest BCUT2D eigenvalue weighted by molar-refractivity contribution is -0.122. The van der Waals surface area contributed by atoms with Crippen LogP contribution in [0.5, 0.6) is 17.2 Å². The van der Waals surface area contributed by atoms with Crippen LogP contribution in [0.25, 0.3) is 0 Å². The van der Waals surface area contributed by atoms with E-state index >= 15 is 0 Å². The van der Waals surface area contributed by atoms with E-state index in [1.165, 1.54) is 12.8 Å². The molecule has 2 heterocycles. The van der Waals surface area contributed by atoms with Gasteiger partial charge in [-0.25, -0.2) is 0 Å². The third-order valence-electron chi connectivity index (χ3n) is 5.25. The average molecular weight is 385 g/mol. The number of carbonyl (C=O) groups excluding carboxylic acids is 1. The van der Waals surface area contributed by atoms with Crippen LogP contribution in [-0.2, 0) is 11.2 Å². The summed E-state index contributed by atoms with van der Waals surface area (Å²) < 4.78 is 16.2. The predicted octanol–water partition coefficient (Wildman–Crippen LogP) is 2.47. The lowest BCUT2D eigenvalue weighted by Crippen LogP contribution is -2.48. The summed E-state index contributed by atoms with van der Waals surface area (Å²) in [6.07, 6.45) is 5.60. The Morgan fingerprint density at radius 2 is 1.73 bits per heavy atom. The maximum absolute atomic E-state index is 12.4. The molecule has 2 aliphatic heterocycles. The van der Waals surface area contributed by atoms with E-state index in [9.17, 15) is 4.79 Å². The number of rotatable bonds is 7. The van der Waals surface area contributed by atoms with Gasteiger partial charge in [-0.15, -0.1) is 12.4 Å². The number of ether oxygens (including phenoxy) is 3. The van der Waals surface area contributed by atoms with Crippen molar-refractivity contribution in [3.63, 3.8) is 0 Å². The minimum Gasteiger partial charge on any atom is -0.493 e. The molecule has 2 atom stereocenters. The summed E-state index contributed by atoms with van der Waals surface area (Å²) in [5, 5.41) is 6.80. The van der Waals surface area contributed by atoms with Gasteiger partial charge in [0.2, 0.25) is 11.7 Å².